The first-order valence-corrected chi connectivity index (χ1v) is 24.8. The molecule has 10 heteroatoms. The van der Waals surface area contributed by atoms with Gasteiger partial charge in [0.2, 0.25) is 0 Å². The lowest BCUT2D eigenvalue weighted by Crippen LogP contribution is -2.67. The third kappa shape index (κ3) is 16.4. The molecule has 0 saturated carbocycles. The second kappa shape index (κ2) is 25.8. The van der Waals surface area contributed by atoms with E-state index >= 15 is 0 Å². The molecule has 5 atom stereocenters. The van der Waals surface area contributed by atoms with Crippen LogP contribution in [0.4, 0.5) is 0 Å². The van der Waals surface area contributed by atoms with E-state index in [9.17, 15) is 15.0 Å². The number of unbranched alkanes of at least 4 members (excludes halogenated alkanes) is 14. The van der Waals surface area contributed by atoms with Gasteiger partial charge in [-0.05, 0) is 54.7 Å². The number of amides is 1. The van der Waals surface area contributed by atoms with E-state index in [0.29, 0.717) is 30.3 Å². The van der Waals surface area contributed by atoms with Crippen LogP contribution in [-0.4, -0.2) is 74.9 Å². The predicted molar refractivity (Wildman–Crippen MR) is 229 cm³/mol. The third-order valence-corrected chi connectivity index (χ3v) is 15.8. The van der Waals surface area contributed by atoms with Crippen LogP contribution in [0.1, 0.15) is 153 Å². The Hall–Kier alpha value is -2.47. The van der Waals surface area contributed by atoms with Crippen LogP contribution >= 0.6 is 0 Å². The third-order valence-electron chi connectivity index (χ3n) is 11.4. The maximum absolute atomic E-state index is 14.2. The molecular formula is C46H77NO8Si. The molecule has 9 nitrogen and oxygen atoms in total. The second-order valence-corrected chi connectivity index (χ2v) is 21.9. The van der Waals surface area contributed by atoms with E-state index in [1.807, 2.05) is 36.4 Å². The Labute approximate surface area is 340 Å². The highest BCUT2D eigenvalue weighted by Crippen LogP contribution is 2.40. The van der Waals surface area contributed by atoms with E-state index in [0.717, 1.165) is 31.2 Å². The van der Waals surface area contributed by atoms with Gasteiger partial charge in [-0.2, -0.15) is 0 Å². The molecule has 1 saturated heterocycles. The molecule has 1 aliphatic heterocycles. The molecule has 1 heterocycles. The van der Waals surface area contributed by atoms with Crippen molar-refractivity contribution in [1.82, 2.24) is 5.32 Å². The zero-order valence-electron chi connectivity index (χ0n) is 36.0. The number of hydrogen-bond acceptors (Lipinski definition) is 8. The van der Waals surface area contributed by atoms with Crippen molar-refractivity contribution in [1.29, 1.82) is 0 Å². The number of carbonyl (C=O) groups excluding carboxylic acids is 1. The quantitative estimate of drug-likeness (QED) is 0.0576. The maximum Gasteiger partial charge on any atom is 0.251 e. The maximum atomic E-state index is 14.2. The van der Waals surface area contributed by atoms with Crippen molar-refractivity contribution >= 4 is 14.2 Å². The summed E-state index contributed by atoms with van der Waals surface area (Å²) in [5.41, 5.74) is 1.32. The molecule has 1 fully saturated rings. The summed E-state index contributed by atoms with van der Waals surface area (Å²) in [6, 6.07) is 14.1. The molecule has 2 aromatic carbocycles. The first-order valence-electron chi connectivity index (χ1n) is 21.9. The van der Waals surface area contributed by atoms with Gasteiger partial charge in [-0.25, -0.2) is 0 Å². The highest BCUT2D eigenvalue weighted by Gasteiger charge is 2.51. The van der Waals surface area contributed by atoms with E-state index in [2.05, 4.69) is 53.0 Å². The van der Waals surface area contributed by atoms with Crippen LogP contribution in [0.3, 0.4) is 0 Å². The highest BCUT2D eigenvalue weighted by molar-refractivity contribution is 6.74. The molecule has 0 spiro atoms. The summed E-state index contributed by atoms with van der Waals surface area (Å²) in [4.78, 5) is 14.2. The summed E-state index contributed by atoms with van der Waals surface area (Å²) in [6.07, 6.45) is 15.3. The van der Waals surface area contributed by atoms with Gasteiger partial charge in [0.15, 0.2) is 26.1 Å². The molecule has 0 bridgehead atoms. The number of hydrogen-bond donors (Lipinski definition) is 3. The minimum atomic E-state index is -2.49. The highest BCUT2D eigenvalue weighted by atomic mass is 28.4. The van der Waals surface area contributed by atoms with Gasteiger partial charge >= 0.3 is 0 Å². The molecule has 0 unspecified atom stereocenters. The Morgan fingerprint density at radius 3 is 1.84 bits per heavy atom. The summed E-state index contributed by atoms with van der Waals surface area (Å²) in [6.45, 7) is 16.0. The topological polar surface area (TPSA) is 116 Å². The summed E-state index contributed by atoms with van der Waals surface area (Å²) in [7, 11) is -2.49. The molecule has 3 N–H and O–H groups in total. The van der Waals surface area contributed by atoms with Crippen LogP contribution in [-0.2, 0) is 20.5 Å². The van der Waals surface area contributed by atoms with Gasteiger partial charge in [-0.1, -0.05) is 155 Å². The number of aliphatic hydroxyl groups is 2. The zero-order chi connectivity index (χ0) is 40.8. The van der Waals surface area contributed by atoms with Crippen LogP contribution in [0, 0.1) is 0 Å². The van der Waals surface area contributed by atoms with Gasteiger partial charge in [0, 0.05) is 5.56 Å². The number of nitrogens with one attached hydrogen (secondary N) is 1. The smallest absolute Gasteiger partial charge is 0.251 e. The van der Waals surface area contributed by atoms with Gasteiger partial charge in [0.1, 0.15) is 18.2 Å². The molecule has 1 aliphatic rings. The lowest BCUT2D eigenvalue weighted by atomic mass is 9.96. The van der Waals surface area contributed by atoms with Crippen molar-refractivity contribution in [2.24, 2.45) is 0 Å². The van der Waals surface area contributed by atoms with Gasteiger partial charge < -0.3 is 38.9 Å². The Bertz CT molecular complexity index is 1350. The molecule has 0 aliphatic carbocycles. The Kier molecular flexibility index (Phi) is 22.1. The van der Waals surface area contributed by atoms with Crippen molar-refractivity contribution < 1.29 is 38.4 Å². The Morgan fingerprint density at radius 1 is 0.768 bits per heavy atom. The summed E-state index contributed by atoms with van der Waals surface area (Å²) in [5, 5.41) is 24.8. The van der Waals surface area contributed by atoms with Gasteiger partial charge in [-0.15, -0.1) is 0 Å². The van der Waals surface area contributed by atoms with Crippen molar-refractivity contribution in [3.8, 4) is 11.5 Å². The predicted octanol–water partition coefficient (Wildman–Crippen LogP) is 10.5. The van der Waals surface area contributed by atoms with Gasteiger partial charge in [0.25, 0.3) is 5.91 Å². The number of aliphatic hydroxyl groups excluding tert-OH is 2. The number of rotatable bonds is 28. The van der Waals surface area contributed by atoms with Crippen molar-refractivity contribution in [3.05, 3.63) is 59.7 Å². The Balaban J connectivity index is 1.80. The van der Waals surface area contributed by atoms with E-state index in [-0.39, 0.29) is 17.6 Å². The molecule has 3 rings (SSSR count). The Morgan fingerprint density at radius 2 is 1.30 bits per heavy atom. The molecule has 1 amide bonds. The van der Waals surface area contributed by atoms with Gasteiger partial charge in [0.05, 0.1) is 32.5 Å². The van der Waals surface area contributed by atoms with E-state index < -0.39 is 45.6 Å². The molecular weight excluding hydrogens is 723 g/mol. The average molecular weight is 800 g/mol. The lowest BCUT2D eigenvalue weighted by Gasteiger charge is -2.48. The molecule has 318 valence electrons. The zero-order valence-corrected chi connectivity index (χ0v) is 37.0. The van der Waals surface area contributed by atoms with Gasteiger partial charge in [-0.3, -0.25) is 4.79 Å². The first kappa shape index (κ1) is 47.9. The largest absolute Gasteiger partial charge is 0.490 e. The second-order valence-electron chi connectivity index (χ2n) is 17.2. The molecule has 0 radical (unpaired) electrons. The average Bonchev–Trinajstić information content (AvgIpc) is 3.17. The van der Waals surface area contributed by atoms with Crippen LogP contribution in [0.25, 0.3) is 0 Å². The van der Waals surface area contributed by atoms with Crippen molar-refractivity contribution in [2.45, 2.75) is 193 Å². The minimum Gasteiger partial charge on any atom is -0.490 e. The van der Waals surface area contributed by atoms with E-state index in [4.69, 9.17) is 23.4 Å². The van der Waals surface area contributed by atoms with Crippen LogP contribution in [0.2, 0.25) is 18.1 Å². The molecule has 0 aromatic heterocycles. The van der Waals surface area contributed by atoms with Crippen LogP contribution < -0.4 is 14.8 Å². The van der Waals surface area contributed by atoms with E-state index in [1.54, 1.807) is 12.1 Å². The minimum absolute atomic E-state index is 0.180. The standard InChI is InChI=1S/C46H77NO8Si/c1-8-10-12-14-16-18-20-25-31-51-38-30-29-37(33-39(38)52-32-26-21-19-17-15-13-11-9-2)44(50)47-41-43(55-56(6,7)46(3,4)5)42(49)40(34-48)54-45(41)53-35-36-27-23-22-24-28-36/h22-24,27-30,33,40-43,45,48-49H,8-21,25-26,31-32,34-35H2,1-7H3,(H,47,50)/t40-,41+,42-,43-,45+/m1/s1. The summed E-state index contributed by atoms with van der Waals surface area (Å²) < 4.78 is 31.9. The summed E-state index contributed by atoms with van der Waals surface area (Å²) >= 11 is 0. The van der Waals surface area contributed by atoms with E-state index in [1.165, 1.54) is 77.0 Å². The number of benzene rings is 2. The summed E-state index contributed by atoms with van der Waals surface area (Å²) in [5.74, 6) is 0.804. The lowest BCUT2D eigenvalue weighted by molar-refractivity contribution is -0.270. The fourth-order valence-electron chi connectivity index (χ4n) is 6.73. The molecule has 56 heavy (non-hydrogen) atoms. The van der Waals surface area contributed by atoms with Crippen LogP contribution in [0.15, 0.2) is 48.5 Å². The fourth-order valence-corrected chi connectivity index (χ4v) is 8.05. The number of ether oxygens (including phenoxy) is 4. The SMILES string of the molecule is CCCCCCCCCCOc1ccc(C(=O)N[C@@H]2[C@@H](OCc3ccccc3)O[C@H](CO)[C@@H](O)[C@@H]2O[Si](C)(C)C(C)(C)C)cc1OCCCCCCCCCC. The van der Waals surface area contributed by atoms with Crippen molar-refractivity contribution in [3.63, 3.8) is 0 Å². The fraction of sp³-hybridized carbons (Fsp3) is 0.717. The monoisotopic (exact) mass is 800 g/mol. The van der Waals surface area contributed by atoms with Crippen molar-refractivity contribution in [2.75, 3.05) is 19.8 Å². The van der Waals surface area contributed by atoms with Crippen LogP contribution in [0.5, 0.6) is 11.5 Å². The normalized spacial score (nSPS) is 20.2. The first-order chi connectivity index (χ1) is 26.9. The number of carbonyl (C=O) groups is 1. The molecule has 2 aromatic rings.